The van der Waals surface area contributed by atoms with Crippen molar-refractivity contribution in [3.05, 3.63) is 144 Å². The van der Waals surface area contributed by atoms with Crippen LogP contribution in [0.25, 0.3) is 66.1 Å². The fraction of sp³-hybridized carbons (Fsp3) is 0.136. The lowest BCUT2D eigenvalue weighted by atomic mass is 9.83. The van der Waals surface area contributed by atoms with E-state index in [1.807, 2.05) is 12.1 Å². The summed E-state index contributed by atoms with van der Waals surface area (Å²) in [5, 5.41) is 8.37. The lowest BCUT2D eigenvalue weighted by Crippen LogP contribution is -2.49. The van der Waals surface area contributed by atoms with Gasteiger partial charge in [0.2, 0.25) is 0 Å². The third-order valence-corrected chi connectivity index (χ3v) is 13.4. The third kappa shape index (κ3) is 4.36. The molecule has 1 heterocycles. The molecule has 0 radical (unpaired) electrons. The van der Waals surface area contributed by atoms with Crippen molar-refractivity contribution in [2.75, 3.05) is 0 Å². The van der Waals surface area contributed by atoms with Gasteiger partial charge in [-0.3, -0.25) is 0 Å². The molecule has 1 heteroatoms. The number of hydrogen-bond acceptors (Lipinski definition) is 0. The minimum atomic E-state index is -2.01. The van der Waals surface area contributed by atoms with Gasteiger partial charge in [0.15, 0.2) is 0 Å². The number of benzene rings is 6. The van der Waals surface area contributed by atoms with Gasteiger partial charge in [-0.15, -0.1) is 0 Å². The van der Waals surface area contributed by atoms with Crippen molar-refractivity contribution in [3.63, 3.8) is 0 Å². The third-order valence-electron chi connectivity index (χ3n) is 9.83. The minimum absolute atomic E-state index is 1.20. The molecule has 0 N–H and O–H groups in total. The first kappa shape index (κ1) is 27.6. The molecule has 7 aromatic carbocycles. The van der Waals surface area contributed by atoms with E-state index in [0.29, 0.717) is 0 Å². The van der Waals surface area contributed by atoms with Crippen LogP contribution in [0.15, 0.2) is 109 Å². The highest BCUT2D eigenvalue weighted by Gasteiger charge is 2.38. The quantitative estimate of drug-likeness (QED) is 0.141. The molecule has 0 bridgehead atoms. The summed E-state index contributed by atoms with van der Waals surface area (Å²) < 4.78 is 0. The number of fused-ring (bicyclic) bond motifs is 5. The second-order valence-corrected chi connectivity index (χ2v) is 17.9. The Kier molecular flexibility index (Phi) is 6.18. The Balaban J connectivity index is 1.52. The smallest absolute Gasteiger partial charge is 0.0702 e. The van der Waals surface area contributed by atoms with E-state index in [9.17, 15) is 0 Å². The van der Waals surface area contributed by atoms with Gasteiger partial charge in [-0.2, -0.15) is 0 Å². The van der Waals surface area contributed by atoms with E-state index in [-0.39, 0.29) is 0 Å². The summed E-state index contributed by atoms with van der Waals surface area (Å²) in [4.78, 5) is 0. The van der Waals surface area contributed by atoms with Crippen LogP contribution in [-0.2, 0) is 0 Å². The van der Waals surface area contributed by atoms with Crippen LogP contribution in [0.5, 0.6) is 0 Å². The Morgan fingerprint density at radius 1 is 0.444 bits per heavy atom. The molecule has 0 saturated heterocycles. The Labute approximate surface area is 268 Å². The Morgan fingerprint density at radius 2 is 1.00 bits per heavy atom. The molecule has 0 aliphatic carbocycles. The predicted octanol–water partition coefficient (Wildman–Crippen LogP) is 10.6. The first-order valence-electron chi connectivity index (χ1n) is 15.9. The van der Waals surface area contributed by atoms with E-state index in [1.54, 1.807) is 0 Å². The highest BCUT2D eigenvalue weighted by molar-refractivity contribution is 7.04. The molecule has 1 aliphatic rings. The Morgan fingerprint density at radius 3 is 1.56 bits per heavy atom. The molecule has 0 aromatic heterocycles. The van der Waals surface area contributed by atoms with E-state index < -0.39 is 8.07 Å². The van der Waals surface area contributed by atoms with Crippen molar-refractivity contribution < 1.29 is 0 Å². The van der Waals surface area contributed by atoms with Crippen molar-refractivity contribution in [2.45, 2.75) is 40.8 Å². The fourth-order valence-corrected chi connectivity index (χ4v) is 11.1. The van der Waals surface area contributed by atoms with Gasteiger partial charge in [-0.1, -0.05) is 132 Å². The summed E-state index contributed by atoms with van der Waals surface area (Å²) in [6.07, 6.45) is 0. The molecule has 0 fully saturated rings. The molecule has 0 amide bonds. The van der Waals surface area contributed by atoms with Crippen LogP contribution in [0, 0.1) is 39.8 Å². The minimum Gasteiger partial charge on any atom is -0.0702 e. The maximum Gasteiger partial charge on any atom is 0.113 e. The van der Waals surface area contributed by atoms with Gasteiger partial charge in [0.05, 0.1) is 0 Å². The lowest BCUT2D eigenvalue weighted by molar-refractivity contribution is 1.38. The summed E-state index contributed by atoms with van der Waals surface area (Å²) in [5.41, 5.74) is 15.7. The molecule has 7 aromatic rings. The summed E-state index contributed by atoms with van der Waals surface area (Å²) in [6.45, 7) is 13.9. The van der Waals surface area contributed by atoms with Gasteiger partial charge in [-0.25, -0.2) is 0 Å². The predicted molar refractivity (Wildman–Crippen MR) is 197 cm³/mol. The van der Waals surface area contributed by atoms with Crippen LogP contribution in [0.2, 0.25) is 13.1 Å². The van der Waals surface area contributed by atoms with Crippen LogP contribution in [0.4, 0.5) is 0 Å². The average molecular weight is 593 g/mol. The number of hydrogen-bond donors (Lipinski definition) is 0. The Hall–Kier alpha value is -4.90. The van der Waals surface area contributed by atoms with E-state index in [0.717, 1.165) is 0 Å². The summed E-state index contributed by atoms with van der Waals surface area (Å²) >= 11 is 0. The van der Waals surface area contributed by atoms with Gasteiger partial charge in [0.1, 0.15) is 8.07 Å². The van der Waals surface area contributed by atoms with Crippen molar-refractivity contribution in [2.24, 2.45) is 0 Å². The summed E-state index contributed by atoms with van der Waals surface area (Å²) in [6, 6.07) is 47.7. The van der Waals surface area contributed by atoms with Crippen LogP contribution in [0.1, 0.15) is 22.3 Å². The average Bonchev–Trinajstić information content (AvgIpc) is 3.23. The zero-order chi connectivity index (χ0) is 31.0. The van der Waals surface area contributed by atoms with Gasteiger partial charge >= 0.3 is 0 Å². The highest BCUT2D eigenvalue weighted by atomic mass is 28.3. The summed E-state index contributed by atoms with van der Waals surface area (Å²) in [7, 11) is -2.01. The molecule has 0 unspecified atom stereocenters. The van der Waals surface area contributed by atoms with E-state index in [1.165, 1.54) is 98.7 Å². The first-order valence-corrected chi connectivity index (χ1v) is 18.9. The number of aryl methyl sites for hydroxylation is 4. The van der Waals surface area contributed by atoms with Crippen molar-refractivity contribution in [1.29, 1.82) is 0 Å². The normalized spacial score (nSPS) is 13.1. The molecule has 1 aliphatic heterocycles. The van der Waals surface area contributed by atoms with Gasteiger partial charge in [-0.05, 0) is 128 Å². The van der Waals surface area contributed by atoms with Crippen LogP contribution in [-0.4, -0.2) is 8.07 Å². The van der Waals surface area contributed by atoms with Crippen LogP contribution >= 0.6 is 0 Å². The maximum absolute atomic E-state index is 3.15. The molecular weight excluding hydrogens is 557 g/mol. The lowest BCUT2D eigenvalue weighted by Gasteiger charge is -2.23. The second-order valence-electron chi connectivity index (χ2n) is 13.6. The summed E-state index contributed by atoms with van der Waals surface area (Å²) in [5.74, 6) is 0. The molecule has 0 nitrogen and oxygen atoms in total. The zero-order valence-electron chi connectivity index (χ0n) is 26.9. The first-order chi connectivity index (χ1) is 21.7. The fourth-order valence-electron chi connectivity index (χ4n) is 7.97. The van der Waals surface area contributed by atoms with Crippen molar-refractivity contribution >= 4 is 40.0 Å². The van der Waals surface area contributed by atoms with Crippen LogP contribution < -0.4 is 10.4 Å². The largest absolute Gasteiger partial charge is 0.113 e. The molecule has 0 spiro atoms. The Bertz CT molecular complexity index is 2280. The molecule has 0 atom stereocenters. The van der Waals surface area contributed by atoms with E-state index in [4.69, 9.17) is 0 Å². The zero-order valence-corrected chi connectivity index (χ0v) is 27.9. The molecule has 8 rings (SSSR count). The van der Waals surface area contributed by atoms with Gasteiger partial charge in [0.25, 0.3) is 0 Å². The monoisotopic (exact) mass is 592 g/mol. The topological polar surface area (TPSA) is 0 Å². The molecule has 216 valence electrons. The van der Waals surface area contributed by atoms with E-state index in [2.05, 4.69) is 150 Å². The van der Waals surface area contributed by atoms with E-state index >= 15 is 0 Å². The molecule has 0 saturated carbocycles. The SMILES string of the molecule is Cc1cc(C)cc(-c2c3ccccc3c(-c3cc(C)cc(C)c3)c3cc4c(cc23)-c2ccc(-c3cc#ccc3)cc2[Si]4(C)C)c1. The second kappa shape index (κ2) is 10.1. The van der Waals surface area contributed by atoms with Crippen LogP contribution in [0.3, 0.4) is 0 Å². The highest BCUT2D eigenvalue weighted by Crippen LogP contribution is 2.46. The van der Waals surface area contributed by atoms with Crippen molar-refractivity contribution in [1.82, 2.24) is 0 Å². The maximum atomic E-state index is 3.15. The number of rotatable bonds is 3. The van der Waals surface area contributed by atoms with Gasteiger partial charge < -0.3 is 0 Å². The van der Waals surface area contributed by atoms with Crippen molar-refractivity contribution in [3.8, 4) is 44.5 Å². The molecular formula is C44H36Si. The van der Waals surface area contributed by atoms with Gasteiger partial charge in [0, 0.05) is 0 Å². The molecule has 45 heavy (non-hydrogen) atoms. The standard InChI is InChI=1S/C44H36Si/c1-27-18-28(2)21-33(20-27)43-36-14-10-11-15-37(36)44(34-22-29(3)19-30(4)23-34)40-26-42-38(25-39(40)43)35-17-16-32(24-41(35)45(42,5)6)31-12-8-7-9-13-31/h8,10-26H,1-6H3.